The molecule has 0 aliphatic carbocycles. The first-order valence-electron chi connectivity index (χ1n) is 7.06. The molecule has 116 valence electrons. The molecular formula is C15H22N2O4. The third kappa shape index (κ3) is 4.98. The van der Waals surface area contributed by atoms with E-state index >= 15 is 0 Å². The van der Waals surface area contributed by atoms with Crippen molar-refractivity contribution < 1.29 is 19.8 Å². The summed E-state index contributed by atoms with van der Waals surface area (Å²) in [5, 5.41) is 21.2. The fourth-order valence-electron chi connectivity index (χ4n) is 2.07. The Labute approximate surface area is 124 Å². The summed E-state index contributed by atoms with van der Waals surface area (Å²) in [5.74, 6) is -1.41. The summed E-state index contributed by atoms with van der Waals surface area (Å²) in [7, 11) is 0. The number of amides is 2. The molecule has 6 heteroatoms. The Morgan fingerprint density at radius 2 is 2.05 bits per heavy atom. The first-order valence-corrected chi connectivity index (χ1v) is 7.06. The molecule has 0 radical (unpaired) electrons. The number of hydrogen-bond donors (Lipinski definition) is 3. The van der Waals surface area contributed by atoms with Crippen LogP contribution in [0.3, 0.4) is 0 Å². The topological polar surface area (TPSA) is 89.9 Å². The third-order valence-electron chi connectivity index (χ3n) is 3.19. The predicted octanol–water partition coefficient (Wildman–Crippen LogP) is 2.43. The number of aromatic hydroxyl groups is 1. The van der Waals surface area contributed by atoms with Crippen LogP contribution in [-0.4, -0.2) is 35.3 Å². The molecule has 0 fully saturated rings. The number of aliphatic carboxylic acids is 1. The Bertz CT molecular complexity index is 490. The molecule has 3 N–H and O–H groups in total. The lowest BCUT2D eigenvalue weighted by molar-refractivity contribution is -0.141. The molecule has 21 heavy (non-hydrogen) atoms. The number of carbonyl (C=O) groups is 2. The second kappa shape index (κ2) is 8.14. The molecular weight excluding hydrogens is 272 g/mol. The molecule has 1 rings (SSSR count). The summed E-state index contributed by atoms with van der Waals surface area (Å²) in [6.45, 7) is 4.23. The number of carboxylic acids is 1. The number of rotatable bonds is 7. The van der Waals surface area contributed by atoms with Gasteiger partial charge in [0, 0.05) is 24.8 Å². The normalized spacial score (nSPS) is 11.7. The molecule has 6 nitrogen and oxygen atoms in total. The first kappa shape index (κ1) is 16.8. The lowest BCUT2D eigenvalue weighted by atomic mass is 10.0. The molecule has 1 atom stereocenters. The number of phenols is 1. The Hall–Kier alpha value is -2.24. The lowest BCUT2D eigenvalue weighted by Crippen LogP contribution is -2.43. The van der Waals surface area contributed by atoms with Crippen LogP contribution in [-0.2, 0) is 4.79 Å². The highest BCUT2D eigenvalue weighted by Gasteiger charge is 2.20. The summed E-state index contributed by atoms with van der Waals surface area (Å²) in [4.78, 5) is 24.7. The molecule has 1 unspecified atom stereocenters. The minimum absolute atomic E-state index is 0.0770. The van der Waals surface area contributed by atoms with Gasteiger partial charge in [0.05, 0.1) is 5.92 Å². The van der Waals surface area contributed by atoms with E-state index in [2.05, 4.69) is 5.32 Å². The maximum atomic E-state index is 12.2. The van der Waals surface area contributed by atoms with Crippen molar-refractivity contribution in [2.24, 2.45) is 5.92 Å². The fourth-order valence-corrected chi connectivity index (χ4v) is 2.07. The molecule has 0 saturated carbocycles. The molecule has 0 heterocycles. The molecule has 0 bridgehead atoms. The van der Waals surface area contributed by atoms with Crippen molar-refractivity contribution in [1.29, 1.82) is 0 Å². The summed E-state index contributed by atoms with van der Waals surface area (Å²) in [6, 6.07) is 6.01. The van der Waals surface area contributed by atoms with Gasteiger partial charge in [-0.3, -0.25) is 9.69 Å². The highest BCUT2D eigenvalue weighted by atomic mass is 16.4. The molecule has 2 amide bonds. The van der Waals surface area contributed by atoms with Crippen molar-refractivity contribution in [1.82, 2.24) is 5.32 Å². The van der Waals surface area contributed by atoms with E-state index in [-0.39, 0.29) is 18.3 Å². The van der Waals surface area contributed by atoms with E-state index in [1.165, 1.54) is 17.0 Å². The van der Waals surface area contributed by atoms with Gasteiger partial charge in [-0.15, -0.1) is 0 Å². The van der Waals surface area contributed by atoms with Crippen molar-refractivity contribution in [2.75, 3.05) is 18.0 Å². The molecule has 0 saturated heterocycles. The van der Waals surface area contributed by atoms with Crippen LogP contribution in [0, 0.1) is 5.92 Å². The Morgan fingerprint density at radius 1 is 1.33 bits per heavy atom. The number of nitrogens with one attached hydrogen (secondary N) is 1. The number of carbonyl (C=O) groups excluding carboxylic acids is 1. The van der Waals surface area contributed by atoms with Gasteiger partial charge in [0.15, 0.2) is 0 Å². The van der Waals surface area contributed by atoms with E-state index in [0.717, 1.165) is 6.42 Å². The number of benzene rings is 1. The average Bonchev–Trinajstić information content (AvgIpc) is 2.44. The number of urea groups is 1. The number of phenolic OH excluding ortho intramolecular Hbond substituents is 1. The minimum Gasteiger partial charge on any atom is -0.508 e. The molecule has 1 aromatic carbocycles. The zero-order valence-corrected chi connectivity index (χ0v) is 12.4. The van der Waals surface area contributed by atoms with E-state index in [1.807, 2.05) is 13.8 Å². The van der Waals surface area contributed by atoms with Gasteiger partial charge in [0.1, 0.15) is 5.75 Å². The van der Waals surface area contributed by atoms with E-state index in [9.17, 15) is 14.7 Å². The van der Waals surface area contributed by atoms with Crippen LogP contribution in [0.2, 0.25) is 0 Å². The molecule has 1 aromatic rings. The van der Waals surface area contributed by atoms with Crippen molar-refractivity contribution >= 4 is 17.7 Å². The number of nitrogens with zero attached hydrogens (tertiary/aromatic N) is 1. The smallest absolute Gasteiger partial charge is 0.321 e. The Kier molecular flexibility index (Phi) is 6.52. The Balaban J connectivity index is 2.69. The van der Waals surface area contributed by atoms with Gasteiger partial charge in [-0.2, -0.15) is 0 Å². The van der Waals surface area contributed by atoms with Gasteiger partial charge in [-0.05, 0) is 25.5 Å². The summed E-state index contributed by atoms with van der Waals surface area (Å²) in [5.41, 5.74) is 0.567. The highest BCUT2D eigenvalue weighted by molar-refractivity contribution is 5.92. The SMILES string of the molecule is CCCC(CNC(=O)N(CC)c1cccc(O)c1)C(=O)O. The predicted molar refractivity (Wildman–Crippen MR) is 80.6 cm³/mol. The van der Waals surface area contributed by atoms with E-state index in [1.54, 1.807) is 12.1 Å². The quantitative estimate of drug-likeness (QED) is 0.720. The zero-order chi connectivity index (χ0) is 15.8. The van der Waals surface area contributed by atoms with Crippen LogP contribution in [0.5, 0.6) is 5.75 Å². The maximum Gasteiger partial charge on any atom is 0.321 e. The van der Waals surface area contributed by atoms with Gasteiger partial charge in [0.2, 0.25) is 0 Å². The van der Waals surface area contributed by atoms with Gasteiger partial charge in [-0.25, -0.2) is 4.79 Å². The summed E-state index contributed by atoms with van der Waals surface area (Å²) >= 11 is 0. The van der Waals surface area contributed by atoms with E-state index in [0.29, 0.717) is 18.7 Å². The second-order valence-corrected chi connectivity index (χ2v) is 4.77. The van der Waals surface area contributed by atoms with Crippen molar-refractivity contribution in [3.05, 3.63) is 24.3 Å². The maximum absolute atomic E-state index is 12.2. The number of hydrogen-bond acceptors (Lipinski definition) is 3. The molecule has 0 spiro atoms. The zero-order valence-electron chi connectivity index (χ0n) is 12.4. The third-order valence-corrected chi connectivity index (χ3v) is 3.19. The molecule has 0 aliphatic heterocycles. The van der Waals surface area contributed by atoms with Crippen LogP contribution in [0.15, 0.2) is 24.3 Å². The fraction of sp³-hybridized carbons (Fsp3) is 0.467. The van der Waals surface area contributed by atoms with Crippen molar-refractivity contribution in [3.8, 4) is 5.75 Å². The van der Waals surface area contributed by atoms with Crippen LogP contribution >= 0.6 is 0 Å². The van der Waals surface area contributed by atoms with E-state index in [4.69, 9.17) is 5.11 Å². The average molecular weight is 294 g/mol. The van der Waals surface area contributed by atoms with Crippen LogP contribution in [0.25, 0.3) is 0 Å². The summed E-state index contributed by atoms with van der Waals surface area (Å²) < 4.78 is 0. The largest absolute Gasteiger partial charge is 0.508 e. The van der Waals surface area contributed by atoms with Gasteiger partial charge in [-0.1, -0.05) is 19.4 Å². The van der Waals surface area contributed by atoms with Gasteiger partial charge in [0.25, 0.3) is 0 Å². The van der Waals surface area contributed by atoms with Crippen LogP contribution in [0.4, 0.5) is 10.5 Å². The van der Waals surface area contributed by atoms with Gasteiger partial charge >= 0.3 is 12.0 Å². The number of anilines is 1. The summed E-state index contributed by atoms with van der Waals surface area (Å²) in [6.07, 6.45) is 1.27. The minimum atomic E-state index is -0.905. The highest BCUT2D eigenvalue weighted by Crippen LogP contribution is 2.20. The lowest BCUT2D eigenvalue weighted by Gasteiger charge is -2.22. The van der Waals surface area contributed by atoms with Crippen molar-refractivity contribution in [3.63, 3.8) is 0 Å². The molecule has 0 aromatic heterocycles. The Morgan fingerprint density at radius 3 is 2.57 bits per heavy atom. The van der Waals surface area contributed by atoms with Crippen molar-refractivity contribution in [2.45, 2.75) is 26.7 Å². The standard InChI is InChI=1S/C15H22N2O4/c1-3-6-11(14(19)20)10-16-15(21)17(4-2)12-7-5-8-13(18)9-12/h5,7-9,11,18H,3-4,6,10H2,1-2H3,(H,16,21)(H,19,20). The second-order valence-electron chi connectivity index (χ2n) is 4.77. The molecule has 0 aliphatic rings. The van der Waals surface area contributed by atoms with Crippen LogP contribution < -0.4 is 10.2 Å². The van der Waals surface area contributed by atoms with Gasteiger partial charge < -0.3 is 15.5 Å². The van der Waals surface area contributed by atoms with E-state index < -0.39 is 11.9 Å². The van der Waals surface area contributed by atoms with Crippen LogP contribution in [0.1, 0.15) is 26.7 Å². The monoisotopic (exact) mass is 294 g/mol. The first-order chi connectivity index (χ1) is 9.99. The number of carboxylic acid groups (broad SMARTS) is 1.